The Kier molecular flexibility index (Phi) is 8.18. The summed E-state index contributed by atoms with van der Waals surface area (Å²) in [7, 11) is 0. The van der Waals surface area contributed by atoms with Crippen LogP contribution in [0.25, 0.3) is 0 Å². The second-order valence-corrected chi connectivity index (χ2v) is 5.26. The molecule has 0 saturated heterocycles. The van der Waals surface area contributed by atoms with E-state index in [9.17, 15) is 4.79 Å². The monoisotopic (exact) mass is 327 g/mol. The fourth-order valence-electron chi connectivity index (χ4n) is 0.835. The van der Waals surface area contributed by atoms with E-state index in [1.165, 1.54) is 19.1 Å². The molecule has 0 amide bonds. The molecule has 4 nitrogen and oxygen atoms in total. The number of benzene rings is 1. The van der Waals surface area contributed by atoms with Crippen molar-refractivity contribution >= 4 is 40.8 Å². The van der Waals surface area contributed by atoms with Crippen LogP contribution in [0.5, 0.6) is 5.75 Å². The first-order chi connectivity index (χ1) is 8.65. The number of aliphatic carboxylic acids is 1. The predicted molar refractivity (Wildman–Crippen MR) is 78.5 cm³/mol. The number of carboxylic acids is 1. The average molecular weight is 329 g/mol. The van der Waals surface area contributed by atoms with Crippen molar-refractivity contribution in [1.82, 2.24) is 0 Å². The molecule has 0 spiro atoms. The first-order valence-corrected chi connectivity index (χ1v) is 6.58. The van der Waals surface area contributed by atoms with Gasteiger partial charge in [0, 0.05) is 6.07 Å². The van der Waals surface area contributed by atoms with Gasteiger partial charge in [0.2, 0.25) is 0 Å². The topological polar surface area (TPSA) is 72.5 Å². The van der Waals surface area contributed by atoms with Gasteiger partial charge in [0.1, 0.15) is 5.75 Å². The third-order valence-corrected chi connectivity index (χ3v) is 2.64. The van der Waals surface area contributed by atoms with E-state index in [2.05, 4.69) is 0 Å². The predicted octanol–water partition coefficient (Wildman–Crippen LogP) is 3.85. The molecule has 0 aromatic heterocycles. The molecule has 1 aromatic rings. The van der Waals surface area contributed by atoms with Crippen molar-refractivity contribution in [2.75, 3.05) is 0 Å². The Bertz CT molecular complexity index is 436. The molecule has 0 aliphatic carbocycles. The molecule has 19 heavy (non-hydrogen) atoms. The van der Waals surface area contributed by atoms with E-state index < -0.39 is 12.1 Å². The largest absolute Gasteiger partial charge is 0.479 e. The highest BCUT2D eigenvalue weighted by Crippen LogP contribution is 2.34. The Morgan fingerprint density at radius 1 is 1.16 bits per heavy atom. The molecule has 1 atom stereocenters. The first-order valence-electron chi connectivity index (χ1n) is 5.44. The molecule has 0 heterocycles. The van der Waals surface area contributed by atoms with Crippen LogP contribution in [0.1, 0.15) is 20.8 Å². The van der Waals surface area contributed by atoms with Crippen LogP contribution < -0.4 is 10.5 Å². The van der Waals surface area contributed by atoms with Crippen molar-refractivity contribution in [1.29, 1.82) is 0 Å². The maximum Gasteiger partial charge on any atom is 0.344 e. The second-order valence-electron chi connectivity index (χ2n) is 4.04. The maximum atomic E-state index is 10.5. The zero-order valence-corrected chi connectivity index (χ0v) is 13.1. The van der Waals surface area contributed by atoms with E-state index >= 15 is 0 Å². The molecule has 0 radical (unpaired) electrons. The smallest absolute Gasteiger partial charge is 0.344 e. The Morgan fingerprint density at radius 2 is 1.58 bits per heavy atom. The highest BCUT2D eigenvalue weighted by Gasteiger charge is 2.15. The fourth-order valence-corrected chi connectivity index (χ4v) is 1.42. The number of hydrogen-bond acceptors (Lipinski definition) is 3. The van der Waals surface area contributed by atoms with Crippen LogP contribution in [0.15, 0.2) is 12.1 Å². The lowest BCUT2D eigenvalue weighted by Gasteiger charge is -2.12. The Labute approximate surface area is 127 Å². The minimum absolute atomic E-state index is 0.195. The molecule has 1 unspecified atom stereocenters. The SMILES string of the molecule is CC(C)N.CC(Oc1cc(Cl)c(Cl)cc1Cl)C(=O)O. The normalized spacial score (nSPS) is 11.6. The molecule has 0 fully saturated rings. The Morgan fingerprint density at radius 3 is 2.00 bits per heavy atom. The molecule has 1 aromatic carbocycles. The van der Waals surface area contributed by atoms with Crippen LogP contribution in [-0.2, 0) is 4.79 Å². The molecule has 0 aliphatic heterocycles. The van der Waals surface area contributed by atoms with Crippen LogP contribution in [0, 0.1) is 0 Å². The number of hydrogen-bond donors (Lipinski definition) is 2. The van der Waals surface area contributed by atoms with Crippen molar-refractivity contribution in [2.45, 2.75) is 32.9 Å². The minimum Gasteiger partial charge on any atom is -0.479 e. The van der Waals surface area contributed by atoms with E-state index in [1.54, 1.807) is 0 Å². The van der Waals surface area contributed by atoms with Gasteiger partial charge in [0.25, 0.3) is 0 Å². The summed E-state index contributed by atoms with van der Waals surface area (Å²) in [6.45, 7) is 5.28. The van der Waals surface area contributed by atoms with Gasteiger partial charge in [-0.1, -0.05) is 48.7 Å². The summed E-state index contributed by atoms with van der Waals surface area (Å²) in [6.07, 6.45) is -1.00. The van der Waals surface area contributed by atoms with Gasteiger partial charge in [-0.3, -0.25) is 0 Å². The molecule has 0 saturated carbocycles. The molecule has 0 bridgehead atoms. The molecule has 0 aliphatic rings. The van der Waals surface area contributed by atoms with E-state index in [-0.39, 0.29) is 20.8 Å². The zero-order valence-electron chi connectivity index (χ0n) is 10.8. The standard InChI is InChI=1S/C9H7Cl3O3.C3H9N/c1-4(9(13)14)15-8-3-6(11)5(10)2-7(8)12;1-3(2)4/h2-4H,1H3,(H,13,14);3H,4H2,1-2H3. The number of nitrogens with two attached hydrogens (primary N) is 1. The molecule has 7 heteroatoms. The second kappa shape index (κ2) is 8.48. The van der Waals surface area contributed by atoms with Crippen molar-refractivity contribution in [2.24, 2.45) is 5.73 Å². The number of rotatable bonds is 3. The van der Waals surface area contributed by atoms with Gasteiger partial charge in [-0.2, -0.15) is 0 Å². The first kappa shape index (κ1) is 18.3. The third-order valence-electron chi connectivity index (χ3n) is 1.63. The summed E-state index contributed by atoms with van der Waals surface area (Å²) in [6, 6.07) is 3.11. The summed E-state index contributed by atoms with van der Waals surface area (Å²) < 4.78 is 5.07. The van der Waals surface area contributed by atoms with E-state index in [1.807, 2.05) is 13.8 Å². The lowest BCUT2D eigenvalue weighted by Crippen LogP contribution is -2.22. The molecular weight excluding hydrogens is 312 g/mol. The number of halogens is 3. The lowest BCUT2D eigenvalue weighted by molar-refractivity contribution is -0.144. The van der Waals surface area contributed by atoms with E-state index in [4.69, 9.17) is 50.4 Å². The van der Waals surface area contributed by atoms with Gasteiger partial charge in [-0.05, 0) is 19.0 Å². The van der Waals surface area contributed by atoms with Crippen LogP contribution in [-0.4, -0.2) is 23.2 Å². The van der Waals surface area contributed by atoms with Gasteiger partial charge < -0.3 is 15.6 Å². The molecular formula is C12H16Cl3NO3. The van der Waals surface area contributed by atoms with Gasteiger partial charge >= 0.3 is 5.97 Å². The van der Waals surface area contributed by atoms with E-state index in [0.29, 0.717) is 6.04 Å². The Balaban J connectivity index is 0.000000711. The third kappa shape index (κ3) is 7.47. The van der Waals surface area contributed by atoms with Crippen LogP contribution in [0.3, 0.4) is 0 Å². The highest BCUT2D eigenvalue weighted by molar-refractivity contribution is 6.43. The van der Waals surface area contributed by atoms with Gasteiger partial charge in [-0.15, -0.1) is 0 Å². The summed E-state index contributed by atoms with van der Waals surface area (Å²) in [5.74, 6) is -0.891. The van der Waals surface area contributed by atoms with Gasteiger partial charge in [0.15, 0.2) is 6.10 Å². The lowest BCUT2D eigenvalue weighted by atomic mass is 10.3. The van der Waals surface area contributed by atoms with Crippen LogP contribution >= 0.6 is 34.8 Å². The summed E-state index contributed by atoms with van der Waals surface area (Å²) >= 11 is 17.2. The summed E-state index contributed by atoms with van der Waals surface area (Å²) in [4.78, 5) is 10.5. The molecule has 3 N–H and O–H groups in total. The minimum atomic E-state index is -1.09. The fraction of sp³-hybridized carbons (Fsp3) is 0.417. The van der Waals surface area contributed by atoms with Crippen LogP contribution in [0.4, 0.5) is 0 Å². The van der Waals surface area contributed by atoms with Crippen molar-refractivity contribution in [3.05, 3.63) is 27.2 Å². The number of ether oxygens (including phenoxy) is 1. The molecule has 108 valence electrons. The van der Waals surface area contributed by atoms with Gasteiger partial charge in [-0.25, -0.2) is 4.79 Å². The average Bonchev–Trinajstić information content (AvgIpc) is 2.24. The summed E-state index contributed by atoms with van der Waals surface area (Å²) in [5, 5.41) is 9.40. The number of carbonyl (C=O) groups is 1. The maximum absolute atomic E-state index is 10.5. The van der Waals surface area contributed by atoms with E-state index in [0.717, 1.165) is 0 Å². The summed E-state index contributed by atoms with van der Waals surface area (Å²) in [5.41, 5.74) is 5.11. The van der Waals surface area contributed by atoms with Crippen molar-refractivity contribution in [3.8, 4) is 5.75 Å². The highest BCUT2D eigenvalue weighted by atomic mass is 35.5. The Hall–Kier alpha value is -0.680. The van der Waals surface area contributed by atoms with Crippen LogP contribution in [0.2, 0.25) is 15.1 Å². The van der Waals surface area contributed by atoms with Crippen molar-refractivity contribution in [3.63, 3.8) is 0 Å². The zero-order chi connectivity index (χ0) is 15.2. The number of carboxylic acid groups (broad SMARTS) is 1. The van der Waals surface area contributed by atoms with Gasteiger partial charge in [0.05, 0.1) is 15.1 Å². The quantitative estimate of drug-likeness (QED) is 0.827. The van der Waals surface area contributed by atoms with Crippen molar-refractivity contribution < 1.29 is 14.6 Å². The molecule has 1 rings (SSSR count).